The SMILES string of the molecule is CCCC(CCC)C(=O)Nc1ccc(OCC#N)cc1. The minimum Gasteiger partial charge on any atom is -0.479 e. The third-order valence-electron chi connectivity index (χ3n) is 3.07. The van der Waals surface area contributed by atoms with E-state index in [2.05, 4.69) is 19.2 Å². The van der Waals surface area contributed by atoms with Crippen LogP contribution in [0.1, 0.15) is 39.5 Å². The van der Waals surface area contributed by atoms with Crippen LogP contribution < -0.4 is 10.1 Å². The quantitative estimate of drug-likeness (QED) is 0.785. The second kappa shape index (κ2) is 8.98. The van der Waals surface area contributed by atoms with Gasteiger partial charge < -0.3 is 10.1 Å². The number of amides is 1. The van der Waals surface area contributed by atoms with Crippen LogP contribution in [-0.2, 0) is 4.79 Å². The Balaban J connectivity index is 2.58. The number of carbonyl (C=O) groups is 1. The van der Waals surface area contributed by atoms with Gasteiger partial charge in [0.1, 0.15) is 11.8 Å². The molecule has 0 saturated heterocycles. The van der Waals surface area contributed by atoms with Gasteiger partial charge in [-0.2, -0.15) is 5.26 Å². The summed E-state index contributed by atoms with van der Waals surface area (Å²) in [7, 11) is 0. The molecule has 0 aliphatic rings. The Morgan fingerprint density at radius 2 is 1.85 bits per heavy atom. The maximum Gasteiger partial charge on any atom is 0.227 e. The Hall–Kier alpha value is -2.02. The number of nitrogens with zero attached hydrogens (tertiary/aromatic N) is 1. The summed E-state index contributed by atoms with van der Waals surface area (Å²) in [5.74, 6) is 0.794. The molecule has 4 nitrogen and oxygen atoms in total. The number of hydrogen-bond donors (Lipinski definition) is 1. The van der Waals surface area contributed by atoms with Gasteiger partial charge in [0.2, 0.25) is 5.91 Å². The van der Waals surface area contributed by atoms with Crippen LogP contribution in [-0.4, -0.2) is 12.5 Å². The number of anilines is 1. The van der Waals surface area contributed by atoms with Gasteiger partial charge in [0.05, 0.1) is 0 Å². The van der Waals surface area contributed by atoms with Crippen molar-refractivity contribution in [3.63, 3.8) is 0 Å². The van der Waals surface area contributed by atoms with Crippen molar-refractivity contribution in [3.8, 4) is 11.8 Å². The summed E-state index contributed by atoms with van der Waals surface area (Å²) in [4.78, 5) is 12.2. The molecule has 1 aromatic rings. The zero-order chi connectivity index (χ0) is 14.8. The summed E-state index contributed by atoms with van der Waals surface area (Å²) >= 11 is 0. The maximum absolute atomic E-state index is 12.2. The van der Waals surface area contributed by atoms with E-state index in [1.807, 2.05) is 6.07 Å². The fraction of sp³-hybridized carbons (Fsp3) is 0.500. The highest BCUT2D eigenvalue weighted by Gasteiger charge is 2.16. The van der Waals surface area contributed by atoms with Crippen LogP contribution in [0.25, 0.3) is 0 Å². The van der Waals surface area contributed by atoms with E-state index < -0.39 is 0 Å². The second-order valence-electron chi connectivity index (χ2n) is 4.73. The fourth-order valence-corrected chi connectivity index (χ4v) is 2.10. The third-order valence-corrected chi connectivity index (χ3v) is 3.07. The highest BCUT2D eigenvalue weighted by Crippen LogP contribution is 2.19. The van der Waals surface area contributed by atoms with Crippen LogP contribution in [0.4, 0.5) is 5.69 Å². The van der Waals surface area contributed by atoms with Crippen LogP contribution in [0.3, 0.4) is 0 Å². The molecule has 1 N–H and O–H groups in total. The van der Waals surface area contributed by atoms with E-state index in [0.29, 0.717) is 5.75 Å². The smallest absolute Gasteiger partial charge is 0.227 e. The van der Waals surface area contributed by atoms with Crippen LogP contribution >= 0.6 is 0 Å². The molecule has 1 rings (SSSR count). The summed E-state index contributed by atoms with van der Waals surface area (Å²) in [5.41, 5.74) is 0.761. The number of rotatable bonds is 8. The van der Waals surface area contributed by atoms with Gasteiger partial charge >= 0.3 is 0 Å². The van der Waals surface area contributed by atoms with Gasteiger partial charge in [0.25, 0.3) is 0 Å². The summed E-state index contributed by atoms with van der Waals surface area (Å²) < 4.78 is 5.17. The van der Waals surface area contributed by atoms with Crippen LogP contribution in [0, 0.1) is 17.2 Å². The molecule has 0 spiro atoms. The minimum atomic E-state index is 0.0286. The lowest BCUT2D eigenvalue weighted by Gasteiger charge is -2.15. The lowest BCUT2D eigenvalue weighted by atomic mass is 9.97. The number of nitriles is 1. The largest absolute Gasteiger partial charge is 0.479 e. The molecule has 0 radical (unpaired) electrons. The lowest BCUT2D eigenvalue weighted by molar-refractivity contribution is -0.120. The summed E-state index contributed by atoms with van der Waals surface area (Å²) in [5, 5.41) is 11.4. The van der Waals surface area contributed by atoms with Crippen molar-refractivity contribution in [3.05, 3.63) is 24.3 Å². The van der Waals surface area contributed by atoms with Crippen molar-refractivity contribution < 1.29 is 9.53 Å². The Morgan fingerprint density at radius 1 is 1.25 bits per heavy atom. The number of ether oxygens (including phenoxy) is 1. The van der Waals surface area contributed by atoms with Crippen LogP contribution in [0.5, 0.6) is 5.75 Å². The van der Waals surface area contributed by atoms with Gasteiger partial charge in [0, 0.05) is 11.6 Å². The molecule has 0 saturated carbocycles. The van der Waals surface area contributed by atoms with Gasteiger partial charge in [-0.3, -0.25) is 4.79 Å². The standard InChI is InChI=1S/C16H22N2O2/c1-3-5-13(6-4-2)16(19)18-14-7-9-15(10-8-14)20-12-11-17/h7-10,13H,3-6,12H2,1-2H3,(H,18,19). The average Bonchev–Trinajstić information content (AvgIpc) is 2.46. The third kappa shape index (κ3) is 5.31. The molecular weight excluding hydrogens is 252 g/mol. The Kier molecular flexibility index (Phi) is 7.20. The van der Waals surface area contributed by atoms with Crippen molar-refractivity contribution in [1.82, 2.24) is 0 Å². The van der Waals surface area contributed by atoms with E-state index in [1.165, 1.54) is 0 Å². The molecule has 0 heterocycles. The first-order chi connectivity index (χ1) is 9.71. The molecule has 108 valence electrons. The van der Waals surface area contributed by atoms with E-state index in [-0.39, 0.29) is 18.4 Å². The predicted octanol–water partition coefficient (Wildman–Crippen LogP) is 3.74. The first-order valence-corrected chi connectivity index (χ1v) is 7.11. The minimum absolute atomic E-state index is 0.0286. The van der Waals surface area contributed by atoms with Gasteiger partial charge in [-0.25, -0.2) is 0 Å². The van der Waals surface area contributed by atoms with Crippen molar-refractivity contribution in [2.45, 2.75) is 39.5 Å². The number of benzene rings is 1. The Labute approximate surface area is 120 Å². The highest BCUT2D eigenvalue weighted by atomic mass is 16.5. The fourth-order valence-electron chi connectivity index (χ4n) is 2.10. The first-order valence-electron chi connectivity index (χ1n) is 7.11. The molecule has 1 aromatic carbocycles. The van der Waals surface area contributed by atoms with Crippen LogP contribution in [0.2, 0.25) is 0 Å². The molecule has 4 heteroatoms. The molecule has 0 fully saturated rings. The van der Waals surface area contributed by atoms with Crippen molar-refractivity contribution in [2.24, 2.45) is 5.92 Å². The summed E-state index contributed by atoms with van der Waals surface area (Å²) in [6.45, 7) is 4.22. The molecule has 0 aliphatic heterocycles. The summed E-state index contributed by atoms with van der Waals surface area (Å²) in [6, 6.07) is 9.00. The molecule has 1 amide bonds. The first kappa shape index (κ1) is 16.0. The van der Waals surface area contributed by atoms with Crippen molar-refractivity contribution >= 4 is 11.6 Å². The number of hydrogen-bond acceptors (Lipinski definition) is 3. The number of carbonyl (C=O) groups excluding carboxylic acids is 1. The summed E-state index contributed by atoms with van der Waals surface area (Å²) in [6.07, 6.45) is 3.87. The monoisotopic (exact) mass is 274 g/mol. The average molecular weight is 274 g/mol. The van der Waals surface area contributed by atoms with Gasteiger partial charge in [0.15, 0.2) is 6.61 Å². The molecule has 0 unspecified atom stereocenters. The van der Waals surface area contributed by atoms with Gasteiger partial charge in [-0.15, -0.1) is 0 Å². The Bertz CT molecular complexity index is 443. The van der Waals surface area contributed by atoms with E-state index >= 15 is 0 Å². The van der Waals surface area contributed by atoms with E-state index in [0.717, 1.165) is 31.4 Å². The number of nitrogens with one attached hydrogen (secondary N) is 1. The molecule has 20 heavy (non-hydrogen) atoms. The van der Waals surface area contributed by atoms with Crippen molar-refractivity contribution in [2.75, 3.05) is 11.9 Å². The maximum atomic E-state index is 12.2. The predicted molar refractivity (Wildman–Crippen MR) is 79.5 cm³/mol. The molecule has 0 bridgehead atoms. The second-order valence-corrected chi connectivity index (χ2v) is 4.73. The topological polar surface area (TPSA) is 62.1 Å². The molecule has 0 aliphatic carbocycles. The van der Waals surface area contributed by atoms with Crippen molar-refractivity contribution in [1.29, 1.82) is 5.26 Å². The molecule has 0 aromatic heterocycles. The molecular formula is C16H22N2O2. The van der Waals surface area contributed by atoms with Gasteiger partial charge in [-0.1, -0.05) is 26.7 Å². The lowest BCUT2D eigenvalue weighted by Crippen LogP contribution is -2.22. The van der Waals surface area contributed by atoms with E-state index in [9.17, 15) is 4.79 Å². The van der Waals surface area contributed by atoms with Gasteiger partial charge in [-0.05, 0) is 37.1 Å². The molecule has 0 atom stereocenters. The van der Waals surface area contributed by atoms with Crippen LogP contribution in [0.15, 0.2) is 24.3 Å². The van der Waals surface area contributed by atoms with E-state index in [1.54, 1.807) is 24.3 Å². The zero-order valence-electron chi connectivity index (χ0n) is 12.2. The zero-order valence-corrected chi connectivity index (χ0v) is 12.2. The normalized spacial score (nSPS) is 10.1. The highest BCUT2D eigenvalue weighted by molar-refractivity contribution is 5.92. The Morgan fingerprint density at radius 3 is 2.35 bits per heavy atom. The van der Waals surface area contributed by atoms with E-state index in [4.69, 9.17) is 10.00 Å².